The van der Waals surface area contributed by atoms with Gasteiger partial charge in [-0.1, -0.05) is 6.07 Å². The Kier molecular flexibility index (Phi) is 3.41. The molecule has 4 nitrogen and oxygen atoms in total. The number of aromatic nitrogens is 1. The van der Waals surface area contributed by atoms with Gasteiger partial charge in [-0.25, -0.2) is 8.78 Å². The molecule has 0 saturated carbocycles. The van der Waals surface area contributed by atoms with Crippen LogP contribution in [0.4, 0.5) is 8.78 Å². The SMILES string of the molecule is O=C(O)Cn1cc(-c2ccc(F)c(F)c2)ccc1=O. The van der Waals surface area contributed by atoms with Crippen LogP contribution in [0.2, 0.25) is 0 Å². The largest absolute Gasteiger partial charge is 0.480 e. The molecule has 2 rings (SSSR count). The molecule has 1 N–H and O–H groups in total. The molecular formula is C13H9F2NO3. The van der Waals surface area contributed by atoms with Gasteiger partial charge in [0.2, 0.25) is 0 Å². The number of halogens is 2. The van der Waals surface area contributed by atoms with Crippen LogP contribution in [0.5, 0.6) is 0 Å². The lowest BCUT2D eigenvalue weighted by molar-refractivity contribution is -0.137. The maximum atomic E-state index is 13.1. The zero-order valence-electron chi connectivity index (χ0n) is 9.64. The summed E-state index contributed by atoms with van der Waals surface area (Å²) in [7, 11) is 0. The average molecular weight is 265 g/mol. The highest BCUT2D eigenvalue weighted by atomic mass is 19.2. The molecule has 0 unspecified atom stereocenters. The highest BCUT2D eigenvalue weighted by molar-refractivity contribution is 5.67. The number of hydrogen-bond acceptors (Lipinski definition) is 2. The average Bonchev–Trinajstić information content (AvgIpc) is 2.35. The summed E-state index contributed by atoms with van der Waals surface area (Å²) in [5, 5.41) is 8.66. The van der Waals surface area contributed by atoms with Gasteiger partial charge in [-0.15, -0.1) is 0 Å². The summed E-state index contributed by atoms with van der Waals surface area (Å²) in [4.78, 5) is 22.0. The molecule has 1 aromatic heterocycles. The lowest BCUT2D eigenvalue weighted by atomic mass is 10.1. The third-order valence-electron chi connectivity index (χ3n) is 2.54. The van der Waals surface area contributed by atoms with Crippen molar-refractivity contribution in [3.8, 4) is 11.1 Å². The van der Waals surface area contributed by atoms with E-state index < -0.39 is 29.7 Å². The van der Waals surface area contributed by atoms with Crippen LogP contribution in [0.1, 0.15) is 0 Å². The highest BCUT2D eigenvalue weighted by Gasteiger charge is 2.07. The molecule has 0 amide bonds. The van der Waals surface area contributed by atoms with Crippen molar-refractivity contribution in [2.75, 3.05) is 0 Å². The summed E-state index contributed by atoms with van der Waals surface area (Å²) in [6.07, 6.45) is 1.29. The summed E-state index contributed by atoms with van der Waals surface area (Å²) in [6, 6.07) is 5.91. The minimum Gasteiger partial charge on any atom is -0.480 e. The third kappa shape index (κ3) is 2.85. The minimum atomic E-state index is -1.16. The lowest BCUT2D eigenvalue weighted by Crippen LogP contribution is -2.22. The molecule has 1 aromatic carbocycles. The van der Waals surface area contributed by atoms with Crippen molar-refractivity contribution < 1.29 is 18.7 Å². The van der Waals surface area contributed by atoms with Gasteiger partial charge in [-0.3, -0.25) is 9.59 Å². The van der Waals surface area contributed by atoms with Crippen LogP contribution in [0, 0.1) is 11.6 Å². The first kappa shape index (κ1) is 12.9. The third-order valence-corrected chi connectivity index (χ3v) is 2.54. The zero-order chi connectivity index (χ0) is 14.0. The van der Waals surface area contributed by atoms with E-state index in [2.05, 4.69) is 0 Å². The molecular weight excluding hydrogens is 256 g/mol. The first-order valence-corrected chi connectivity index (χ1v) is 5.35. The standard InChI is InChI=1S/C13H9F2NO3/c14-10-3-1-8(5-11(10)15)9-2-4-12(17)16(6-9)7-13(18)19/h1-6H,7H2,(H,18,19). The zero-order valence-corrected chi connectivity index (χ0v) is 9.64. The van der Waals surface area contributed by atoms with Crippen molar-refractivity contribution in [1.82, 2.24) is 4.57 Å². The van der Waals surface area contributed by atoms with Crippen LogP contribution >= 0.6 is 0 Å². The maximum absolute atomic E-state index is 13.1. The van der Waals surface area contributed by atoms with Crippen LogP contribution < -0.4 is 5.56 Å². The van der Waals surface area contributed by atoms with Crippen LogP contribution in [-0.2, 0) is 11.3 Å². The molecule has 0 fully saturated rings. The number of carboxylic acids is 1. The molecule has 1 heterocycles. The molecule has 2 aromatic rings. The lowest BCUT2D eigenvalue weighted by Gasteiger charge is -2.06. The predicted octanol–water partition coefficient (Wildman–Crippen LogP) is 1.88. The van der Waals surface area contributed by atoms with E-state index in [1.807, 2.05) is 0 Å². The number of rotatable bonds is 3. The fraction of sp³-hybridized carbons (Fsp3) is 0.0769. The minimum absolute atomic E-state index is 0.359. The summed E-state index contributed by atoms with van der Waals surface area (Å²) < 4.78 is 26.9. The maximum Gasteiger partial charge on any atom is 0.323 e. The van der Waals surface area contributed by atoms with E-state index in [1.54, 1.807) is 0 Å². The van der Waals surface area contributed by atoms with E-state index in [4.69, 9.17) is 5.11 Å². The molecule has 0 atom stereocenters. The number of hydrogen-bond donors (Lipinski definition) is 1. The summed E-state index contributed by atoms with van der Waals surface area (Å²) in [6.45, 7) is -0.490. The Balaban J connectivity index is 2.48. The Bertz CT molecular complexity index is 695. The van der Waals surface area contributed by atoms with Crippen molar-refractivity contribution in [2.45, 2.75) is 6.54 Å². The first-order valence-electron chi connectivity index (χ1n) is 5.35. The second kappa shape index (κ2) is 5.01. The molecule has 0 spiro atoms. The summed E-state index contributed by atoms with van der Waals surface area (Å²) in [5.41, 5.74) is 0.312. The van der Waals surface area contributed by atoms with E-state index in [-0.39, 0.29) is 0 Å². The van der Waals surface area contributed by atoms with Gasteiger partial charge in [0.15, 0.2) is 11.6 Å². The first-order chi connectivity index (χ1) is 8.97. The second-order valence-corrected chi connectivity index (χ2v) is 3.91. The van der Waals surface area contributed by atoms with E-state index in [0.717, 1.165) is 16.7 Å². The monoisotopic (exact) mass is 265 g/mol. The topological polar surface area (TPSA) is 59.3 Å². The highest BCUT2D eigenvalue weighted by Crippen LogP contribution is 2.20. The molecule has 0 aliphatic rings. The van der Waals surface area contributed by atoms with Crippen LogP contribution in [0.3, 0.4) is 0 Å². The van der Waals surface area contributed by atoms with E-state index >= 15 is 0 Å². The van der Waals surface area contributed by atoms with Crippen LogP contribution in [0.25, 0.3) is 11.1 Å². The molecule has 98 valence electrons. The van der Waals surface area contributed by atoms with Crippen LogP contribution in [0.15, 0.2) is 41.3 Å². The Morgan fingerprint density at radius 1 is 1.11 bits per heavy atom. The van der Waals surface area contributed by atoms with Gasteiger partial charge in [0.25, 0.3) is 5.56 Å². The van der Waals surface area contributed by atoms with Gasteiger partial charge in [0.1, 0.15) is 6.54 Å². The van der Waals surface area contributed by atoms with E-state index in [9.17, 15) is 18.4 Å². The van der Waals surface area contributed by atoms with Gasteiger partial charge in [0.05, 0.1) is 0 Å². The summed E-state index contributed by atoms with van der Waals surface area (Å²) >= 11 is 0. The molecule has 19 heavy (non-hydrogen) atoms. The Hall–Kier alpha value is -2.50. The Morgan fingerprint density at radius 2 is 1.79 bits per heavy atom. The number of pyridine rings is 1. The van der Waals surface area contributed by atoms with Gasteiger partial charge in [0, 0.05) is 12.3 Å². The number of carbonyl (C=O) groups is 1. The van der Waals surface area contributed by atoms with Crippen molar-refractivity contribution >= 4 is 5.97 Å². The molecule has 0 aliphatic carbocycles. The summed E-state index contributed by atoms with van der Waals surface area (Å²) in [5.74, 6) is -3.14. The molecule has 0 aliphatic heterocycles. The molecule has 0 radical (unpaired) electrons. The molecule has 0 saturated heterocycles. The fourth-order valence-corrected chi connectivity index (χ4v) is 1.65. The smallest absolute Gasteiger partial charge is 0.323 e. The van der Waals surface area contributed by atoms with Crippen molar-refractivity contribution in [2.24, 2.45) is 0 Å². The normalized spacial score (nSPS) is 10.4. The Morgan fingerprint density at radius 3 is 2.42 bits per heavy atom. The Labute approximate surface area is 106 Å². The number of nitrogens with zero attached hydrogens (tertiary/aromatic N) is 1. The van der Waals surface area contributed by atoms with Gasteiger partial charge >= 0.3 is 5.97 Å². The number of benzene rings is 1. The molecule has 0 bridgehead atoms. The predicted molar refractivity (Wildman–Crippen MR) is 63.7 cm³/mol. The number of carboxylic acid groups (broad SMARTS) is 1. The van der Waals surface area contributed by atoms with Crippen molar-refractivity contribution in [3.63, 3.8) is 0 Å². The van der Waals surface area contributed by atoms with Gasteiger partial charge < -0.3 is 9.67 Å². The fourth-order valence-electron chi connectivity index (χ4n) is 1.65. The van der Waals surface area contributed by atoms with Gasteiger partial charge in [-0.2, -0.15) is 0 Å². The quantitative estimate of drug-likeness (QED) is 0.921. The molecule has 6 heteroatoms. The van der Waals surface area contributed by atoms with Crippen molar-refractivity contribution in [1.29, 1.82) is 0 Å². The number of aliphatic carboxylic acids is 1. The van der Waals surface area contributed by atoms with E-state index in [0.29, 0.717) is 11.1 Å². The second-order valence-electron chi connectivity index (χ2n) is 3.91. The van der Waals surface area contributed by atoms with Gasteiger partial charge in [-0.05, 0) is 29.3 Å². The van der Waals surface area contributed by atoms with Crippen LogP contribution in [-0.4, -0.2) is 15.6 Å². The van der Waals surface area contributed by atoms with Crippen molar-refractivity contribution in [3.05, 3.63) is 58.5 Å². The van der Waals surface area contributed by atoms with E-state index in [1.165, 1.54) is 24.4 Å².